The number of carbonyl (C=O) groups is 2. The van der Waals surface area contributed by atoms with Crippen molar-refractivity contribution in [2.75, 3.05) is 12.3 Å². The summed E-state index contributed by atoms with van der Waals surface area (Å²) in [5.41, 5.74) is 12.2. The molecule has 8 rings (SSSR count). The number of aryl methyl sites for hydroxylation is 1. The van der Waals surface area contributed by atoms with Gasteiger partial charge in [0.2, 0.25) is 5.91 Å². The Balaban J connectivity index is 1.02. The number of amides is 1. The largest absolute Gasteiger partial charge is 0.489 e. The number of carboxylic acid groups (broad SMARTS) is 1. The number of anilines is 1. The van der Waals surface area contributed by atoms with Gasteiger partial charge in [-0.05, 0) is 88.7 Å². The molecule has 0 fully saturated rings. The zero-order chi connectivity index (χ0) is 42.0. The minimum atomic E-state index is -4.36. The van der Waals surface area contributed by atoms with Gasteiger partial charge in [0.05, 0.1) is 17.3 Å². The zero-order valence-corrected chi connectivity index (χ0v) is 33.9. The molecule has 0 aliphatic carbocycles. The highest BCUT2D eigenvalue weighted by Crippen LogP contribution is 2.42. The number of aromatic nitrogens is 1. The molecule has 1 unspecified atom stereocenters. The molecule has 1 amide bonds. The van der Waals surface area contributed by atoms with Crippen molar-refractivity contribution in [1.82, 2.24) is 14.6 Å². The van der Waals surface area contributed by atoms with Gasteiger partial charge in [-0.15, -0.1) is 0 Å². The van der Waals surface area contributed by atoms with E-state index in [1.54, 1.807) is 36.4 Å². The highest BCUT2D eigenvalue weighted by Gasteiger charge is 2.43. The highest BCUT2D eigenvalue weighted by atomic mass is 32.2. The van der Waals surface area contributed by atoms with E-state index in [9.17, 15) is 23.1 Å². The lowest BCUT2D eigenvalue weighted by atomic mass is 9.94. The number of rotatable bonds is 12. The van der Waals surface area contributed by atoms with Gasteiger partial charge >= 0.3 is 5.97 Å². The Bertz CT molecular complexity index is 2700. The molecule has 0 saturated carbocycles. The molecular weight excluding hydrogens is 803 g/mol. The number of ether oxygens (including phenoxy) is 3. The second-order valence-electron chi connectivity index (χ2n) is 14.5. The van der Waals surface area contributed by atoms with Crippen LogP contribution in [0.5, 0.6) is 17.2 Å². The van der Waals surface area contributed by atoms with Crippen LogP contribution < -0.4 is 25.3 Å². The maximum absolute atomic E-state index is 14.4. The molecule has 0 saturated heterocycles. The predicted molar refractivity (Wildman–Crippen MR) is 224 cm³/mol. The third-order valence-electron chi connectivity index (χ3n) is 10.5. The summed E-state index contributed by atoms with van der Waals surface area (Å²) in [6.45, 7) is 1.96. The van der Waals surface area contributed by atoms with E-state index in [1.807, 2.05) is 78.9 Å². The van der Waals surface area contributed by atoms with Gasteiger partial charge in [0.25, 0.3) is 10.0 Å². The Kier molecular flexibility index (Phi) is 11.3. The van der Waals surface area contributed by atoms with Crippen molar-refractivity contribution < 1.29 is 37.3 Å². The van der Waals surface area contributed by atoms with Crippen molar-refractivity contribution in [2.24, 2.45) is 0 Å². The molecule has 4 N–H and O–H groups in total. The van der Waals surface area contributed by atoms with Gasteiger partial charge in [0.1, 0.15) is 31.0 Å². The maximum atomic E-state index is 14.4. The topological polar surface area (TPSA) is 194 Å². The zero-order valence-electron chi connectivity index (χ0n) is 32.3. The standard InChI is InChI=1S/C45H39N5O8S2/c1-27-44(59-45(47)48-27)60(54,55)50-24-35-22-40-39(57-26-41(58-40)33-15-17-36(18-16-33)56-25-30-5-3-2-4-6-30)21-34(35)20-38(50)42(51)49-37(43(52)53)19-28-7-11-31(12-8-28)32-13-9-29(23-46)10-14-32/h2-18,21-22,37-38,41H,19-20,24-26H2,1H3,(H2,47,48)(H,49,51)(H,52,53)/t37?,38-,41+/m0/s1. The molecule has 0 radical (unpaired) electrons. The Hall–Kier alpha value is -6.73. The van der Waals surface area contributed by atoms with Crippen LogP contribution >= 0.6 is 11.3 Å². The number of nitrogen functional groups attached to an aromatic ring is 1. The highest BCUT2D eigenvalue weighted by molar-refractivity contribution is 7.91. The number of hydrogen-bond donors (Lipinski definition) is 3. The third-order valence-corrected chi connectivity index (χ3v) is 13.9. The Morgan fingerprint density at radius 2 is 1.65 bits per heavy atom. The van der Waals surface area contributed by atoms with Crippen molar-refractivity contribution in [3.05, 3.63) is 154 Å². The summed E-state index contributed by atoms with van der Waals surface area (Å²) in [7, 11) is -4.36. The first kappa shape index (κ1) is 40.1. The van der Waals surface area contributed by atoms with Crippen LogP contribution in [0.25, 0.3) is 11.1 Å². The molecule has 15 heteroatoms. The van der Waals surface area contributed by atoms with Crippen molar-refractivity contribution in [1.29, 1.82) is 5.26 Å². The average Bonchev–Trinajstić information content (AvgIpc) is 3.62. The van der Waals surface area contributed by atoms with Crippen molar-refractivity contribution in [3.63, 3.8) is 0 Å². The van der Waals surface area contributed by atoms with Crippen LogP contribution in [0.15, 0.2) is 119 Å². The van der Waals surface area contributed by atoms with Gasteiger partial charge in [-0.2, -0.15) is 9.57 Å². The van der Waals surface area contributed by atoms with Crippen LogP contribution in [-0.2, 0) is 45.6 Å². The molecule has 2 aliphatic rings. The van der Waals surface area contributed by atoms with Crippen LogP contribution in [-0.4, -0.2) is 53.4 Å². The molecule has 0 spiro atoms. The van der Waals surface area contributed by atoms with E-state index in [1.165, 1.54) is 6.92 Å². The van der Waals surface area contributed by atoms with Crippen LogP contribution in [0.3, 0.4) is 0 Å². The molecule has 60 heavy (non-hydrogen) atoms. The Labute approximate surface area is 350 Å². The molecular formula is C45H39N5O8S2. The van der Waals surface area contributed by atoms with Gasteiger partial charge < -0.3 is 30.4 Å². The van der Waals surface area contributed by atoms with Gasteiger partial charge in [0.15, 0.2) is 26.9 Å². The third kappa shape index (κ3) is 8.53. The summed E-state index contributed by atoms with van der Waals surface area (Å²) in [5.74, 6) is -0.478. The molecule has 0 bridgehead atoms. The first-order valence-corrected chi connectivity index (χ1v) is 21.3. The number of hydrogen-bond acceptors (Lipinski definition) is 11. The molecule has 3 heterocycles. The molecule has 2 aliphatic heterocycles. The van der Waals surface area contributed by atoms with Gasteiger partial charge in [-0.1, -0.05) is 90.2 Å². The Morgan fingerprint density at radius 1 is 0.967 bits per heavy atom. The fourth-order valence-electron chi connectivity index (χ4n) is 7.31. The van der Waals surface area contributed by atoms with E-state index in [0.29, 0.717) is 46.1 Å². The number of carboxylic acids is 1. The number of benzene rings is 5. The molecule has 304 valence electrons. The summed E-state index contributed by atoms with van der Waals surface area (Å²) in [4.78, 5) is 30.9. The van der Waals surface area contributed by atoms with Crippen LogP contribution in [0.1, 0.15) is 45.2 Å². The fourth-order valence-corrected chi connectivity index (χ4v) is 10.3. The number of carbonyl (C=O) groups excluding carboxylic acids is 1. The van der Waals surface area contributed by atoms with E-state index >= 15 is 0 Å². The number of thiazole rings is 1. The van der Waals surface area contributed by atoms with E-state index in [2.05, 4.69) is 16.4 Å². The first-order valence-electron chi connectivity index (χ1n) is 19.0. The SMILES string of the molecule is Cc1nc(N)sc1S(=O)(=O)N1Cc2cc3c(cc2C[C@H]1C(=O)NC(Cc1ccc(-c2ccc(C#N)cc2)cc1)C(=O)O)OC[C@H](c1ccc(OCc2ccccc2)cc1)O3. The summed E-state index contributed by atoms with van der Waals surface area (Å²) >= 11 is 0.799. The van der Waals surface area contributed by atoms with Crippen molar-refractivity contribution in [3.8, 4) is 34.4 Å². The van der Waals surface area contributed by atoms with E-state index < -0.39 is 40.1 Å². The van der Waals surface area contributed by atoms with E-state index in [0.717, 1.165) is 37.9 Å². The monoisotopic (exact) mass is 841 g/mol. The van der Waals surface area contributed by atoms with Crippen molar-refractivity contribution in [2.45, 2.75) is 55.3 Å². The van der Waals surface area contributed by atoms with Gasteiger partial charge in [0, 0.05) is 13.0 Å². The van der Waals surface area contributed by atoms with Crippen LogP contribution in [0.2, 0.25) is 0 Å². The number of aliphatic carboxylic acids is 1. The molecule has 13 nitrogen and oxygen atoms in total. The van der Waals surface area contributed by atoms with Gasteiger partial charge in [-0.25, -0.2) is 18.2 Å². The number of nitrogens with one attached hydrogen (secondary N) is 1. The Morgan fingerprint density at radius 3 is 2.30 bits per heavy atom. The predicted octanol–water partition coefficient (Wildman–Crippen LogP) is 6.59. The summed E-state index contributed by atoms with van der Waals surface area (Å²) in [6, 6.07) is 34.6. The number of nitrogens with zero attached hydrogens (tertiary/aromatic N) is 3. The summed E-state index contributed by atoms with van der Waals surface area (Å²) in [6.07, 6.45) is -0.578. The number of sulfonamides is 1. The van der Waals surface area contributed by atoms with Gasteiger partial charge in [-0.3, -0.25) is 4.79 Å². The minimum Gasteiger partial charge on any atom is -0.489 e. The smallest absolute Gasteiger partial charge is 0.326 e. The van der Waals surface area contributed by atoms with Crippen LogP contribution in [0, 0.1) is 18.3 Å². The lowest BCUT2D eigenvalue weighted by Crippen LogP contribution is -2.55. The lowest BCUT2D eigenvalue weighted by Gasteiger charge is -2.36. The van der Waals surface area contributed by atoms with E-state index in [4.69, 9.17) is 25.2 Å². The fraction of sp³-hybridized carbons (Fsp3) is 0.200. The first-order chi connectivity index (χ1) is 28.9. The second kappa shape index (κ2) is 16.9. The molecule has 5 aromatic carbocycles. The lowest BCUT2D eigenvalue weighted by molar-refractivity contribution is -0.142. The quantitative estimate of drug-likeness (QED) is 0.120. The maximum Gasteiger partial charge on any atom is 0.326 e. The van der Waals surface area contributed by atoms with Crippen LogP contribution in [0.4, 0.5) is 5.13 Å². The van der Waals surface area contributed by atoms with Crippen molar-refractivity contribution >= 4 is 38.4 Å². The number of nitrogens with two attached hydrogens (primary N) is 1. The average molecular weight is 842 g/mol. The summed E-state index contributed by atoms with van der Waals surface area (Å²) in [5, 5.41) is 22.1. The van der Waals surface area contributed by atoms with E-state index in [-0.39, 0.29) is 41.0 Å². The molecule has 1 aromatic heterocycles. The second-order valence-corrected chi connectivity index (χ2v) is 17.6. The molecule has 3 atom stereocenters. The number of fused-ring (bicyclic) bond motifs is 2. The normalized spacial score (nSPS) is 16.5. The minimum absolute atomic E-state index is 0.0570. The molecule has 6 aromatic rings. The number of nitriles is 1. The summed E-state index contributed by atoms with van der Waals surface area (Å²) < 4.78 is 48.3.